The fraction of sp³-hybridized carbons (Fsp3) is 0.200. The van der Waals surface area contributed by atoms with Crippen LogP contribution in [0.4, 0.5) is 0 Å². The van der Waals surface area contributed by atoms with Crippen molar-refractivity contribution in [1.29, 1.82) is 0 Å². The fourth-order valence-electron chi connectivity index (χ4n) is 3.64. The van der Waals surface area contributed by atoms with Gasteiger partial charge in [0.15, 0.2) is 11.5 Å². The number of rotatable bonds is 9. The monoisotopic (exact) mass is 438 g/mol. The normalized spacial score (nSPS) is 10.6. The van der Waals surface area contributed by atoms with Crippen molar-refractivity contribution >= 4 is 0 Å². The molecule has 0 amide bonds. The summed E-state index contributed by atoms with van der Waals surface area (Å²) in [5.74, 6) is 1.98. The van der Waals surface area contributed by atoms with Gasteiger partial charge in [-0.15, -0.1) is 0 Å². The van der Waals surface area contributed by atoms with Crippen LogP contribution in [-0.2, 0) is 19.8 Å². The van der Waals surface area contributed by atoms with Gasteiger partial charge in [0.1, 0.15) is 19.8 Å². The molecule has 4 rings (SSSR count). The Balaban J connectivity index is 1.58. The molecule has 0 aromatic heterocycles. The lowest BCUT2D eigenvalue weighted by Gasteiger charge is -2.18. The third kappa shape index (κ3) is 5.75. The minimum Gasteiger partial charge on any atom is -0.485 e. The van der Waals surface area contributed by atoms with Crippen LogP contribution in [0.2, 0.25) is 0 Å². The molecule has 0 saturated carbocycles. The first-order valence-electron chi connectivity index (χ1n) is 11.3. The SMILES string of the molecule is Cc1ccccc1COc1cccc(OCc2ccccc2C)c1OCc1ccccc1C. The second kappa shape index (κ2) is 10.7. The summed E-state index contributed by atoms with van der Waals surface area (Å²) in [5, 5.41) is 0. The summed E-state index contributed by atoms with van der Waals surface area (Å²) in [6, 6.07) is 30.6. The molecule has 0 aliphatic carbocycles. The van der Waals surface area contributed by atoms with E-state index in [0.717, 1.165) is 16.7 Å². The van der Waals surface area contributed by atoms with E-state index in [1.165, 1.54) is 16.7 Å². The van der Waals surface area contributed by atoms with Gasteiger partial charge in [-0.2, -0.15) is 0 Å². The molecule has 0 radical (unpaired) electrons. The van der Waals surface area contributed by atoms with Crippen molar-refractivity contribution < 1.29 is 14.2 Å². The summed E-state index contributed by atoms with van der Waals surface area (Å²) in [6.45, 7) is 7.66. The zero-order valence-electron chi connectivity index (χ0n) is 19.5. The Labute approximate surface area is 196 Å². The van der Waals surface area contributed by atoms with E-state index in [0.29, 0.717) is 37.1 Å². The fourth-order valence-corrected chi connectivity index (χ4v) is 3.64. The van der Waals surface area contributed by atoms with Crippen molar-refractivity contribution in [3.63, 3.8) is 0 Å². The molecule has 0 fully saturated rings. The molecular weight excluding hydrogens is 408 g/mol. The molecule has 0 saturated heterocycles. The van der Waals surface area contributed by atoms with Crippen molar-refractivity contribution in [2.24, 2.45) is 0 Å². The van der Waals surface area contributed by atoms with Gasteiger partial charge in [0.25, 0.3) is 0 Å². The molecule has 4 aromatic rings. The maximum atomic E-state index is 6.32. The molecule has 0 spiro atoms. The Morgan fingerprint density at radius 2 is 0.788 bits per heavy atom. The van der Waals surface area contributed by atoms with Gasteiger partial charge < -0.3 is 14.2 Å². The van der Waals surface area contributed by atoms with E-state index < -0.39 is 0 Å². The lowest BCUT2D eigenvalue weighted by atomic mass is 10.1. The van der Waals surface area contributed by atoms with E-state index in [1.54, 1.807) is 0 Å². The summed E-state index contributed by atoms with van der Waals surface area (Å²) in [6.07, 6.45) is 0. The van der Waals surface area contributed by atoms with Crippen LogP contribution in [-0.4, -0.2) is 0 Å². The molecule has 0 N–H and O–H groups in total. The first-order chi connectivity index (χ1) is 16.1. The zero-order chi connectivity index (χ0) is 23.0. The molecular formula is C30H30O3. The van der Waals surface area contributed by atoms with Crippen LogP contribution in [0.3, 0.4) is 0 Å². The van der Waals surface area contributed by atoms with Crippen LogP contribution in [0.5, 0.6) is 17.2 Å². The zero-order valence-corrected chi connectivity index (χ0v) is 19.5. The molecule has 0 heterocycles. The first-order valence-corrected chi connectivity index (χ1v) is 11.3. The van der Waals surface area contributed by atoms with Crippen LogP contribution in [0.1, 0.15) is 33.4 Å². The molecule has 0 unspecified atom stereocenters. The van der Waals surface area contributed by atoms with Gasteiger partial charge in [-0.1, -0.05) is 78.9 Å². The third-order valence-corrected chi connectivity index (χ3v) is 5.86. The summed E-state index contributed by atoms with van der Waals surface area (Å²) in [5.41, 5.74) is 7.02. The molecule has 33 heavy (non-hydrogen) atoms. The Morgan fingerprint density at radius 1 is 0.424 bits per heavy atom. The maximum Gasteiger partial charge on any atom is 0.203 e. The standard InChI is InChI=1S/C30H30O3/c1-22-11-4-7-14-25(22)19-31-28-17-10-18-29(32-20-26-15-8-5-12-23(26)2)30(28)33-21-27-16-9-6-13-24(27)3/h4-18H,19-21H2,1-3H3. The predicted molar refractivity (Wildman–Crippen MR) is 133 cm³/mol. The summed E-state index contributed by atoms with van der Waals surface area (Å²) < 4.78 is 18.8. The number of hydrogen-bond acceptors (Lipinski definition) is 3. The Morgan fingerprint density at radius 3 is 1.18 bits per heavy atom. The molecule has 0 aliphatic heterocycles. The van der Waals surface area contributed by atoms with Crippen LogP contribution in [0.25, 0.3) is 0 Å². The van der Waals surface area contributed by atoms with Gasteiger partial charge in [0.05, 0.1) is 0 Å². The molecule has 0 aliphatic rings. The minimum absolute atomic E-state index is 0.443. The van der Waals surface area contributed by atoms with Crippen molar-refractivity contribution in [3.05, 3.63) is 124 Å². The highest BCUT2D eigenvalue weighted by Crippen LogP contribution is 2.39. The van der Waals surface area contributed by atoms with Crippen LogP contribution in [0.15, 0.2) is 91.0 Å². The first kappa shape index (κ1) is 22.5. The summed E-state index contributed by atoms with van der Waals surface area (Å²) in [7, 11) is 0. The minimum atomic E-state index is 0.443. The van der Waals surface area contributed by atoms with Gasteiger partial charge in [0, 0.05) is 0 Å². The number of benzene rings is 4. The van der Waals surface area contributed by atoms with Crippen molar-refractivity contribution in [2.75, 3.05) is 0 Å². The van der Waals surface area contributed by atoms with Gasteiger partial charge in [-0.3, -0.25) is 0 Å². The molecule has 168 valence electrons. The lowest BCUT2D eigenvalue weighted by Crippen LogP contribution is -2.05. The summed E-state index contributed by atoms with van der Waals surface area (Å²) >= 11 is 0. The number of hydrogen-bond donors (Lipinski definition) is 0. The Bertz CT molecular complexity index is 1140. The maximum absolute atomic E-state index is 6.32. The second-order valence-electron chi connectivity index (χ2n) is 8.23. The Kier molecular flexibility index (Phi) is 7.31. The van der Waals surface area contributed by atoms with E-state index in [-0.39, 0.29) is 0 Å². The van der Waals surface area contributed by atoms with Crippen LogP contribution >= 0.6 is 0 Å². The molecule has 4 aromatic carbocycles. The second-order valence-corrected chi connectivity index (χ2v) is 8.23. The topological polar surface area (TPSA) is 27.7 Å². The van der Waals surface area contributed by atoms with E-state index in [9.17, 15) is 0 Å². The van der Waals surface area contributed by atoms with Crippen molar-refractivity contribution in [1.82, 2.24) is 0 Å². The highest BCUT2D eigenvalue weighted by Gasteiger charge is 2.15. The predicted octanol–water partition coefficient (Wildman–Crippen LogP) is 7.35. The average Bonchev–Trinajstić information content (AvgIpc) is 2.83. The van der Waals surface area contributed by atoms with E-state index in [4.69, 9.17) is 14.2 Å². The Hall–Kier alpha value is -3.72. The molecule has 3 heteroatoms. The smallest absolute Gasteiger partial charge is 0.203 e. The van der Waals surface area contributed by atoms with E-state index in [2.05, 4.69) is 57.2 Å². The number of aryl methyl sites for hydroxylation is 3. The van der Waals surface area contributed by atoms with Crippen molar-refractivity contribution in [3.8, 4) is 17.2 Å². The van der Waals surface area contributed by atoms with Gasteiger partial charge >= 0.3 is 0 Å². The van der Waals surface area contributed by atoms with Gasteiger partial charge in [-0.25, -0.2) is 0 Å². The van der Waals surface area contributed by atoms with E-state index >= 15 is 0 Å². The van der Waals surface area contributed by atoms with Crippen LogP contribution in [0, 0.1) is 20.8 Å². The largest absolute Gasteiger partial charge is 0.485 e. The lowest BCUT2D eigenvalue weighted by molar-refractivity contribution is 0.229. The molecule has 0 bridgehead atoms. The third-order valence-electron chi connectivity index (χ3n) is 5.86. The number of ether oxygens (including phenoxy) is 3. The van der Waals surface area contributed by atoms with Gasteiger partial charge in [0.2, 0.25) is 5.75 Å². The van der Waals surface area contributed by atoms with Crippen molar-refractivity contribution in [2.45, 2.75) is 40.6 Å². The molecule has 0 atom stereocenters. The van der Waals surface area contributed by atoms with Gasteiger partial charge in [-0.05, 0) is 66.3 Å². The molecule has 3 nitrogen and oxygen atoms in total. The quantitative estimate of drug-likeness (QED) is 0.273. The summed E-state index contributed by atoms with van der Waals surface area (Å²) in [4.78, 5) is 0. The highest BCUT2D eigenvalue weighted by molar-refractivity contribution is 5.51. The number of para-hydroxylation sites is 1. The average molecular weight is 439 g/mol. The van der Waals surface area contributed by atoms with E-state index in [1.807, 2.05) is 54.6 Å². The highest BCUT2D eigenvalue weighted by atomic mass is 16.5. The van der Waals surface area contributed by atoms with Crippen LogP contribution < -0.4 is 14.2 Å².